The maximum atomic E-state index is 8.65. The lowest BCUT2D eigenvalue weighted by atomic mass is 9.86. The summed E-state index contributed by atoms with van der Waals surface area (Å²) in [6.07, 6.45) is 1.79. The van der Waals surface area contributed by atoms with Gasteiger partial charge in [-0.2, -0.15) is 0 Å². The molecule has 1 heterocycles. The van der Waals surface area contributed by atoms with Gasteiger partial charge >= 0.3 is 0 Å². The summed E-state index contributed by atoms with van der Waals surface area (Å²) in [5.41, 5.74) is 6.23. The van der Waals surface area contributed by atoms with E-state index in [0.717, 1.165) is 30.8 Å². The minimum atomic E-state index is -0.279. The first-order valence-corrected chi connectivity index (χ1v) is 6.06. The summed E-state index contributed by atoms with van der Waals surface area (Å²) in [6, 6.07) is 1.91. The van der Waals surface area contributed by atoms with E-state index in [1.165, 1.54) is 0 Å². The van der Waals surface area contributed by atoms with Crippen molar-refractivity contribution in [3.8, 4) is 0 Å². The zero-order chi connectivity index (χ0) is 13.6. The molecule has 6 nitrogen and oxygen atoms in total. The van der Waals surface area contributed by atoms with Crippen LogP contribution in [0.5, 0.6) is 0 Å². The van der Waals surface area contributed by atoms with Crippen molar-refractivity contribution in [3.05, 3.63) is 17.5 Å². The third-order valence-corrected chi connectivity index (χ3v) is 2.93. The first-order valence-electron chi connectivity index (χ1n) is 6.06. The molecule has 0 radical (unpaired) electrons. The third kappa shape index (κ3) is 4.37. The molecular formula is C12H22N4O2. The predicted octanol–water partition coefficient (Wildman–Crippen LogP) is 1.63. The van der Waals surface area contributed by atoms with Crippen LogP contribution in [0.4, 0.5) is 0 Å². The maximum absolute atomic E-state index is 8.65. The molecule has 18 heavy (non-hydrogen) atoms. The summed E-state index contributed by atoms with van der Waals surface area (Å²) in [6.45, 7) is 7.34. The van der Waals surface area contributed by atoms with Crippen molar-refractivity contribution in [2.45, 2.75) is 40.2 Å². The molecule has 0 aliphatic heterocycles. The van der Waals surface area contributed by atoms with Gasteiger partial charge in [0.2, 0.25) is 0 Å². The van der Waals surface area contributed by atoms with Gasteiger partial charge in [-0.15, -0.1) is 0 Å². The quantitative estimate of drug-likeness (QED) is 0.226. The minimum absolute atomic E-state index is 0.272. The first kappa shape index (κ1) is 14.5. The fourth-order valence-electron chi connectivity index (χ4n) is 1.63. The molecule has 102 valence electrons. The van der Waals surface area contributed by atoms with E-state index in [1.54, 1.807) is 0 Å². The van der Waals surface area contributed by atoms with Gasteiger partial charge < -0.3 is 20.8 Å². The van der Waals surface area contributed by atoms with Crippen LogP contribution >= 0.6 is 0 Å². The second kappa shape index (κ2) is 6.39. The number of aromatic nitrogens is 1. The van der Waals surface area contributed by atoms with E-state index in [9.17, 15) is 0 Å². The lowest BCUT2D eigenvalue weighted by Gasteiger charge is -2.22. The molecule has 0 fully saturated rings. The van der Waals surface area contributed by atoms with Crippen LogP contribution in [0.1, 0.15) is 38.1 Å². The Morgan fingerprint density at radius 3 is 2.89 bits per heavy atom. The fraction of sp³-hybridized carbons (Fsp3) is 0.667. The maximum Gasteiger partial charge on any atom is 0.150 e. The molecule has 0 aliphatic rings. The highest BCUT2D eigenvalue weighted by atomic mass is 16.5. The van der Waals surface area contributed by atoms with Crippen LogP contribution in [0.3, 0.4) is 0 Å². The number of nitrogens with zero attached hydrogens (tertiary/aromatic N) is 2. The van der Waals surface area contributed by atoms with E-state index in [0.29, 0.717) is 6.54 Å². The zero-order valence-electron chi connectivity index (χ0n) is 11.2. The molecule has 0 spiro atoms. The van der Waals surface area contributed by atoms with Crippen molar-refractivity contribution in [1.29, 1.82) is 0 Å². The van der Waals surface area contributed by atoms with E-state index >= 15 is 0 Å². The van der Waals surface area contributed by atoms with Crippen molar-refractivity contribution >= 4 is 5.84 Å². The summed E-state index contributed by atoms with van der Waals surface area (Å²) in [7, 11) is 0. The van der Waals surface area contributed by atoms with Crippen LogP contribution in [0.25, 0.3) is 0 Å². The number of amidine groups is 1. The Balaban J connectivity index is 2.19. The molecule has 0 saturated carbocycles. The molecule has 1 aromatic heterocycles. The van der Waals surface area contributed by atoms with Gasteiger partial charge in [0.25, 0.3) is 0 Å². The third-order valence-electron chi connectivity index (χ3n) is 2.93. The van der Waals surface area contributed by atoms with Gasteiger partial charge in [0.05, 0.1) is 12.2 Å². The molecule has 1 rings (SSSR count). The molecule has 0 unspecified atom stereocenters. The minimum Gasteiger partial charge on any atom is -0.409 e. The number of rotatable bonds is 7. The van der Waals surface area contributed by atoms with Gasteiger partial charge in [-0.05, 0) is 26.3 Å². The molecule has 0 aromatic carbocycles. The SMILES string of the molecule is Cc1cc(CNCCCC(C)(C)C(N)=NO)on1. The number of nitrogens with one attached hydrogen (secondary N) is 1. The average Bonchev–Trinajstić information content (AvgIpc) is 2.73. The highest BCUT2D eigenvalue weighted by Gasteiger charge is 2.22. The molecule has 4 N–H and O–H groups in total. The van der Waals surface area contributed by atoms with Crippen LogP contribution in [-0.4, -0.2) is 22.7 Å². The average molecular weight is 254 g/mol. The number of hydrogen-bond acceptors (Lipinski definition) is 5. The van der Waals surface area contributed by atoms with Crippen molar-refractivity contribution in [3.63, 3.8) is 0 Å². The lowest BCUT2D eigenvalue weighted by Crippen LogP contribution is -2.32. The fourth-order valence-corrected chi connectivity index (χ4v) is 1.63. The number of hydrogen-bond donors (Lipinski definition) is 3. The Kier molecular flexibility index (Phi) is 5.15. The van der Waals surface area contributed by atoms with Crippen LogP contribution in [-0.2, 0) is 6.54 Å². The molecule has 0 bridgehead atoms. The summed E-state index contributed by atoms with van der Waals surface area (Å²) in [4.78, 5) is 0. The monoisotopic (exact) mass is 254 g/mol. The van der Waals surface area contributed by atoms with Gasteiger partial charge in [0, 0.05) is 11.5 Å². The van der Waals surface area contributed by atoms with E-state index in [4.69, 9.17) is 15.5 Å². The van der Waals surface area contributed by atoms with Crippen LogP contribution in [0.15, 0.2) is 15.7 Å². The highest BCUT2D eigenvalue weighted by Crippen LogP contribution is 2.21. The summed E-state index contributed by atoms with van der Waals surface area (Å²) < 4.78 is 5.08. The second-order valence-corrected chi connectivity index (χ2v) is 5.08. The van der Waals surface area contributed by atoms with E-state index < -0.39 is 0 Å². The molecule has 0 amide bonds. The van der Waals surface area contributed by atoms with Crippen molar-refractivity contribution < 1.29 is 9.73 Å². The molecule has 0 aliphatic carbocycles. The van der Waals surface area contributed by atoms with Crippen LogP contribution in [0.2, 0.25) is 0 Å². The topological polar surface area (TPSA) is 96.7 Å². The Bertz CT molecular complexity index is 399. The number of aryl methyl sites for hydroxylation is 1. The van der Waals surface area contributed by atoms with E-state index in [2.05, 4.69) is 15.6 Å². The van der Waals surface area contributed by atoms with Gasteiger partial charge in [0.1, 0.15) is 5.84 Å². The van der Waals surface area contributed by atoms with Gasteiger partial charge in [-0.3, -0.25) is 0 Å². The van der Waals surface area contributed by atoms with Crippen LogP contribution in [0, 0.1) is 12.3 Å². The number of nitrogens with two attached hydrogens (primary N) is 1. The summed E-state index contributed by atoms with van der Waals surface area (Å²) in [5, 5.41) is 18.8. The normalized spacial score (nSPS) is 12.9. The number of oxime groups is 1. The van der Waals surface area contributed by atoms with Crippen LogP contribution < -0.4 is 11.1 Å². The summed E-state index contributed by atoms with van der Waals surface area (Å²) >= 11 is 0. The summed E-state index contributed by atoms with van der Waals surface area (Å²) in [5.74, 6) is 1.11. The standard InChI is InChI=1S/C12H22N4O2/c1-9-7-10(18-16-9)8-14-6-4-5-12(2,3)11(13)15-17/h7,14,17H,4-6,8H2,1-3H3,(H2,13,15). The van der Waals surface area contributed by atoms with Gasteiger partial charge in [0.15, 0.2) is 5.76 Å². The molecule has 6 heteroatoms. The Labute approximate surface area is 107 Å². The molecule has 0 saturated heterocycles. The molecule has 1 aromatic rings. The Morgan fingerprint density at radius 2 is 2.33 bits per heavy atom. The van der Waals surface area contributed by atoms with Crippen molar-refractivity contribution in [1.82, 2.24) is 10.5 Å². The van der Waals surface area contributed by atoms with E-state index in [1.807, 2.05) is 26.8 Å². The zero-order valence-corrected chi connectivity index (χ0v) is 11.2. The smallest absolute Gasteiger partial charge is 0.150 e. The molecular weight excluding hydrogens is 232 g/mol. The first-order chi connectivity index (χ1) is 8.45. The van der Waals surface area contributed by atoms with Gasteiger partial charge in [-0.25, -0.2) is 0 Å². The van der Waals surface area contributed by atoms with Gasteiger partial charge in [-0.1, -0.05) is 24.2 Å². The Morgan fingerprint density at radius 1 is 1.61 bits per heavy atom. The second-order valence-electron chi connectivity index (χ2n) is 5.08. The highest BCUT2D eigenvalue weighted by molar-refractivity contribution is 5.85. The molecule has 0 atom stereocenters. The van der Waals surface area contributed by atoms with E-state index in [-0.39, 0.29) is 11.3 Å². The van der Waals surface area contributed by atoms with Crippen molar-refractivity contribution in [2.24, 2.45) is 16.3 Å². The predicted molar refractivity (Wildman–Crippen MR) is 69.4 cm³/mol. The largest absolute Gasteiger partial charge is 0.409 e. The van der Waals surface area contributed by atoms with Crippen molar-refractivity contribution in [2.75, 3.05) is 6.54 Å². The Hall–Kier alpha value is -1.56. The lowest BCUT2D eigenvalue weighted by molar-refractivity contribution is 0.304.